The van der Waals surface area contributed by atoms with Gasteiger partial charge in [-0.05, 0) is 31.4 Å². The van der Waals surface area contributed by atoms with Gasteiger partial charge in [-0.25, -0.2) is 4.79 Å². The van der Waals surface area contributed by atoms with Crippen molar-refractivity contribution in [1.82, 2.24) is 5.32 Å². The van der Waals surface area contributed by atoms with Crippen molar-refractivity contribution in [2.75, 3.05) is 7.05 Å². The molecule has 106 valence electrons. The zero-order valence-electron chi connectivity index (χ0n) is 10.4. The molecule has 19 heavy (non-hydrogen) atoms. The highest BCUT2D eigenvalue weighted by Gasteiger charge is 2.38. The van der Waals surface area contributed by atoms with E-state index in [0.29, 0.717) is 0 Å². The monoisotopic (exact) mass is 275 g/mol. The summed E-state index contributed by atoms with van der Waals surface area (Å²) in [5, 5.41) is 10.4. The fourth-order valence-corrected chi connectivity index (χ4v) is 1.85. The van der Waals surface area contributed by atoms with Crippen molar-refractivity contribution < 1.29 is 23.1 Å². The lowest BCUT2D eigenvalue weighted by Crippen LogP contribution is -2.37. The summed E-state index contributed by atoms with van der Waals surface area (Å²) in [4.78, 5) is 8.90. The van der Waals surface area contributed by atoms with Crippen LogP contribution in [0.2, 0.25) is 0 Å². The van der Waals surface area contributed by atoms with Crippen molar-refractivity contribution in [3.63, 3.8) is 0 Å². The minimum Gasteiger partial charge on any atom is -0.475 e. The van der Waals surface area contributed by atoms with E-state index in [4.69, 9.17) is 9.90 Å². The van der Waals surface area contributed by atoms with Gasteiger partial charge in [-0.2, -0.15) is 13.2 Å². The lowest BCUT2D eigenvalue weighted by Gasteiger charge is -2.35. The van der Waals surface area contributed by atoms with Gasteiger partial charge in [0.15, 0.2) is 0 Å². The molecule has 6 heteroatoms. The Labute approximate surface area is 109 Å². The molecule has 0 aromatic heterocycles. The van der Waals surface area contributed by atoms with Crippen LogP contribution in [0.5, 0.6) is 0 Å². The lowest BCUT2D eigenvalue weighted by molar-refractivity contribution is -0.192. The largest absolute Gasteiger partial charge is 0.490 e. The third kappa shape index (κ3) is 4.90. The van der Waals surface area contributed by atoms with Crippen LogP contribution in [0.3, 0.4) is 0 Å². The number of rotatable bonds is 2. The predicted octanol–water partition coefficient (Wildman–Crippen LogP) is 2.79. The molecule has 0 spiro atoms. The molecule has 0 amide bonds. The zero-order valence-corrected chi connectivity index (χ0v) is 10.4. The first-order valence-corrected chi connectivity index (χ1v) is 5.87. The van der Waals surface area contributed by atoms with Gasteiger partial charge in [0.05, 0.1) is 0 Å². The number of carbonyl (C=O) groups is 1. The van der Waals surface area contributed by atoms with Crippen LogP contribution >= 0.6 is 0 Å². The van der Waals surface area contributed by atoms with Gasteiger partial charge in [0.25, 0.3) is 0 Å². The van der Waals surface area contributed by atoms with Crippen molar-refractivity contribution in [1.29, 1.82) is 0 Å². The Morgan fingerprint density at radius 1 is 1.26 bits per heavy atom. The highest BCUT2D eigenvalue weighted by molar-refractivity contribution is 5.73. The average Bonchev–Trinajstić information content (AvgIpc) is 2.28. The first kappa shape index (κ1) is 15.5. The van der Waals surface area contributed by atoms with E-state index in [1.165, 1.54) is 18.4 Å². The maximum atomic E-state index is 10.6. The van der Waals surface area contributed by atoms with E-state index in [0.717, 1.165) is 12.0 Å². The Morgan fingerprint density at radius 3 is 2.11 bits per heavy atom. The SMILES string of the molecule is CNC1CC(c2ccccc2)C1.O=C(O)C(F)(F)F. The molecule has 0 atom stereocenters. The number of halogens is 3. The number of carboxylic acids is 1. The second kappa shape index (κ2) is 6.56. The number of benzene rings is 1. The molecular formula is C13H16F3NO2. The molecular weight excluding hydrogens is 259 g/mol. The van der Waals surface area contributed by atoms with Gasteiger partial charge < -0.3 is 10.4 Å². The summed E-state index contributed by atoms with van der Waals surface area (Å²) in [7, 11) is 2.05. The number of hydrogen-bond donors (Lipinski definition) is 2. The van der Waals surface area contributed by atoms with Crippen LogP contribution in [0, 0.1) is 0 Å². The highest BCUT2D eigenvalue weighted by Crippen LogP contribution is 2.36. The van der Waals surface area contributed by atoms with Crippen LogP contribution in [0.15, 0.2) is 30.3 Å². The minimum absolute atomic E-state index is 0.759. The first-order chi connectivity index (χ1) is 8.84. The van der Waals surface area contributed by atoms with Gasteiger partial charge in [0, 0.05) is 6.04 Å². The zero-order chi connectivity index (χ0) is 14.5. The molecule has 1 aliphatic carbocycles. The van der Waals surface area contributed by atoms with Gasteiger partial charge in [0.2, 0.25) is 0 Å². The van der Waals surface area contributed by atoms with Gasteiger partial charge in [-0.15, -0.1) is 0 Å². The summed E-state index contributed by atoms with van der Waals surface area (Å²) < 4.78 is 31.7. The Hall–Kier alpha value is -1.56. The van der Waals surface area contributed by atoms with E-state index in [-0.39, 0.29) is 0 Å². The number of hydrogen-bond acceptors (Lipinski definition) is 2. The molecule has 0 heterocycles. The summed E-state index contributed by atoms with van der Waals surface area (Å²) in [5.41, 5.74) is 1.50. The third-order valence-electron chi connectivity index (χ3n) is 3.06. The van der Waals surface area contributed by atoms with Crippen LogP contribution in [0.4, 0.5) is 13.2 Å². The molecule has 1 aromatic rings. The molecule has 0 aliphatic heterocycles. The van der Waals surface area contributed by atoms with Crippen molar-refractivity contribution in [2.24, 2.45) is 0 Å². The predicted molar refractivity (Wildman–Crippen MR) is 65.0 cm³/mol. The molecule has 0 radical (unpaired) electrons. The molecule has 2 rings (SSSR count). The summed E-state index contributed by atoms with van der Waals surface area (Å²) in [6, 6.07) is 11.6. The summed E-state index contributed by atoms with van der Waals surface area (Å²) >= 11 is 0. The first-order valence-electron chi connectivity index (χ1n) is 5.87. The Bertz CT molecular complexity index is 400. The molecule has 1 fully saturated rings. The molecule has 0 bridgehead atoms. The average molecular weight is 275 g/mol. The van der Waals surface area contributed by atoms with Crippen molar-refractivity contribution in [3.8, 4) is 0 Å². The van der Waals surface area contributed by atoms with Gasteiger partial charge in [-0.1, -0.05) is 30.3 Å². The van der Waals surface area contributed by atoms with Crippen LogP contribution in [-0.4, -0.2) is 30.3 Å². The van der Waals surface area contributed by atoms with Crippen molar-refractivity contribution in [3.05, 3.63) is 35.9 Å². The number of carboxylic acid groups (broad SMARTS) is 1. The van der Waals surface area contributed by atoms with E-state index < -0.39 is 12.1 Å². The Balaban J connectivity index is 0.000000224. The van der Waals surface area contributed by atoms with Crippen LogP contribution in [0.25, 0.3) is 0 Å². The molecule has 2 N–H and O–H groups in total. The van der Waals surface area contributed by atoms with Crippen molar-refractivity contribution >= 4 is 5.97 Å². The fraction of sp³-hybridized carbons (Fsp3) is 0.462. The Kier molecular flexibility index (Phi) is 5.35. The normalized spacial score (nSPS) is 21.9. The van der Waals surface area contributed by atoms with E-state index in [1.807, 2.05) is 7.05 Å². The second-order valence-electron chi connectivity index (χ2n) is 4.37. The number of aliphatic carboxylic acids is 1. The summed E-state index contributed by atoms with van der Waals surface area (Å²) in [6.45, 7) is 0. The van der Waals surface area contributed by atoms with Crippen LogP contribution < -0.4 is 5.32 Å². The van der Waals surface area contributed by atoms with Gasteiger partial charge in [-0.3, -0.25) is 0 Å². The van der Waals surface area contributed by atoms with E-state index in [1.54, 1.807) is 0 Å². The fourth-order valence-electron chi connectivity index (χ4n) is 1.85. The maximum Gasteiger partial charge on any atom is 0.490 e. The smallest absolute Gasteiger partial charge is 0.475 e. The standard InChI is InChI=1S/C11H15N.C2HF3O2/c1-12-11-7-10(8-11)9-5-3-2-4-6-9;3-2(4,5)1(6)7/h2-6,10-12H,7-8H2,1H3;(H,6,7). The van der Waals surface area contributed by atoms with Gasteiger partial charge >= 0.3 is 12.1 Å². The third-order valence-corrected chi connectivity index (χ3v) is 3.06. The minimum atomic E-state index is -5.08. The molecule has 1 aliphatic rings. The topological polar surface area (TPSA) is 49.3 Å². The lowest BCUT2D eigenvalue weighted by atomic mass is 9.76. The number of nitrogens with one attached hydrogen (secondary N) is 1. The van der Waals surface area contributed by atoms with Crippen LogP contribution in [0.1, 0.15) is 24.3 Å². The van der Waals surface area contributed by atoms with E-state index in [9.17, 15) is 13.2 Å². The quantitative estimate of drug-likeness (QED) is 0.872. The number of alkyl halides is 3. The molecule has 1 aromatic carbocycles. The maximum absolute atomic E-state index is 10.6. The summed E-state index contributed by atoms with van der Waals surface area (Å²) in [6.07, 6.45) is -2.47. The summed E-state index contributed by atoms with van der Waals surface area (Å²) in [5.74, 6) is -1.95. The Morgan fingerprint density at radius 2 is 1.74 bits per heavy atom. The molecule has 3 nitrogen and oxygen atoms in total. The van der Waals surface area contributed by atoms with Gasteiger partial charge in [0.1, 0.15) is 0 Å². The van der Waals surface area contributed by atoms with E-state index >= 15 is 0 Å². The molecule has 0 saturated heterocycles. The van der Waals surface area contributed by atoms with Crippen molar-refractivity contribution in [2.45, 2.75) is 31.0 Å². The van der Waals surface area contributed by atoms with Crippen LogP contribution in [-0.2, 0) is 4.79 Å². The molecule has 1 saturated carbocycles. The highest BCUT2D eigenvalue weighted by atomic mass is 19.4. The second-order valence-corrected chi connectivity index (χ2v) is 4.37. The molecule has 0 unspecified atom stereocenters. The van der Waals surface area contributed by atoms with E-state index in [2.05, 4.69) is 35.6 Å².